The molecule has 1 heterocycles. The monoisotopic (exact) mass is 372 g/mol. The summed E-state index contributed by atoms with van der Waals surface area (Å²) in [5, 5.41) is 4.10. The zero-order valence-electron chi connectivity index (χ0n) is 12.4. The predicted molar refractivity (Wildman–Crippen MR) is 91.0 cm³/mol. The topological polar surface area (TPSA) is 32.3 Å². The van der Waals surface area contributed by atoms with E-state index in [4.69, 9.17) is 11.6 Å². The number of piperidine rings is 1. The summed E-state index contributed by atoms with van der Waals surface area (Å²) in [6.07, 6.45) is 4.58. The number of nitrogens with zero attached hydrogens (tertiary/aromatic N) is 1. The number of rotatable bonds is 5. The van der Waals surface area contributed by atoms with E-state index in [9.17, 15) is 4.79 Å². The van der Waals surface area contributed by atoms with E-state index >= 15 is 0 Å². The molecule has 1 aliphatic heterocycles. The highest BCUT2D eigenvalue weighted by molar-refractivity contribution is 9.10. The maximum atomic E-state index is 12.8. The van der Waals surface area contributed by atoms with Crippen molar-refractivity contribution in [2.24, 2.45) is 0 Å². The highest BCUT2D eigenvalue weighted by Gasteiger charge is 2.22. The third-order valence-electron chi connectivity index (χ3n) is 3.79. The third-order valence-corrected chi connectivity index (χ3v) is 4.72. The maximum Gasteiger partial charge on any atom is 0.255 e. The molecule has 5 heteroatoms. The molecular weight excluding hydrogens is 352 g/mol. The maximum absolute atomic E-state index is 12.8. The minimum absolute atomic E-state index is 0.0543. The second-order valence-corrected chi connectivity index (χ2v) is 6.81. The molecule has 1 aliphatic rings. The molecule has 1 N–H and O–H groups in total. The largest absolute Gasteiger partial charge is 0.337 e. The Bertz CT molecular complexity index is 489. The lowest BCUT2D eigenvalue weighted by Crippen LogP contribution is -2.46. The molecule has 3 nitrogen and oxygen atoms in total. The van der Waals surface area contributed by atoms with E-state index in [1.54, 1.807) is 12.1 Å². The predicted octanol–water partition coefficient (Wildman–Crippen LogP) is 4.10. The summed E-state index contributed by atoms with van der Waals surface area (Å²) in [6.45, 7) is 4.70. The van der Waals surface area contributed by atoms with Crippen molar-refractivity contribution >= 4 is 33.4 Å². The van der Waals surface area contributed by atoms with Crippen LogP contribution in [0.3, 0.4) is 0 Å². The Balaban J connectivity index is 2.12. The second kappa shape index (κ2) is 8.16. The van der Waals surface area contributed by atoms with Gasteiger partial charge < -0.3 is 10.2 Å². The number of halogens is 2. The van der Waals surface area contributed by atoms with Crippen LogP contribution in [-0.2, 0) is 0 Å². The summed E-state index contributed by atoms with van der Waals surface area (Å²) in [6, 6.07) is 5.77. The average Bonchev–Trinajstić information content (AvgIpc) is 2.49. The lowest BCUT2D eigenvalue weighted by molar-refractivity contribution is 0.0731. The van der Waals surface area contributed by atoms with Crippen molar-refractivity contribution in [3.8, 4) is 0 Å². The Hall–Kier alpha value is -0.580. The van der Waals surface area contributed by atoms with Crippen LogP contribution in [0.25, 0.3) is 0 Å². The van der Waals surface area contributed by atoms with Crippen molar-refractivity contribution in [1.82, 2.24) is 10.2 Å². The van der Waals surface area contributed by atoms with Crippen molar-refractivity contribution in [2.75, 3.05) is 19.6 Å². The normalized spacial score (nSPS) is 18.5. The van der Waals surface area contributed by atoms with Gasteiger partial charge in [0.25, 0.3) is 5.91 Å². The summed E-state index contributed by atoms with van der Waals surface area (Å²) in [5.74, 6) is 0.0543. The number of nitrogens with one attached hydrogen (secondary N) is 1. The summed E-state index contributed by atoms with van der Waals surface area (Å²) in [7, 11) is 0. The van der Waals surface area contributed by atoms with Gasteiger partial charge in [0.15, 0.2) is 0 Å². The third kappa shape index (κ3) is 4.70. The molecule has 116 valence electrons. The summed E-state index contributed by atoms with van der Waals surface area (Å²) in [5.41, 5.74) is 0.645. The fourth-order valence-corrected chi connectivity index (χ4v) is 3.31. The van der Waals surface area contributed by atoms with E-state index in [-0.39, 0.29) is 5.91 Å². The Morgan fingerprint density at radius 2 is 2.29 bits per heavy atom. The summed E-state index contributed by atoms with van der Waals surface area (Å²) < 4.78 is 0.801. The molecule has 0 aliphatic carbocycles. The first-order valence-corrected chi connectivity index (χ1v) is 8.76. The molecule has 21 heavy (non-hydrogen) atoms. The molecule has 1 unspecified atom stereocenters. The molecule has 0 bridgehead atoms. The molecule has 1 saturated heterocycles. The van der Waals surface area contributed by atoms with Crippen molar-refractivity contribution in [3.63, 3.8) is 0 Å². The minimum Gasteiger partial charge on any atom is -0.337 e. The van der Waals surface area contributed by atoms with Gasteiger partial charge in [0.2, 0.25) is 0 Å². The molecule has 0 aromatic heterocycles. The number of carbonyl (C=O) groups excluding carboxylic acids is 1. The van der Waals surface area contributed by atoms with Crippen LogP contribution in [0.1, 0.15) is 43.0 Å². The van der Waals surface area contributed by atoms with E-state index in [0.29, 0.717) is 16.6 Å². The van der Waals surface area contributed by atoms with E-state index in [0.717, 1.165) is 36.9 Å². The molecule has 0 saturated carbocycles. The number of amides is 1. The first-order chi connectivity index (χ1) is 10.1. The van der Waals surface area contributed by atoms with Gasteiger partial charge in [-0.2, -0.15) is 0 Å². The SMILES string of the molecule is CCCN(CC1CCCCN1)C(=O)c1cc(Cl)ccc1Br. The highest BCUT2D eigenvalue weighted by atomic mass is 79.9. The highest BCUT2D eigenvalue weighted by Crippen LogP contribution is 2.23. The van der Waals surface area contributed by atoms with Gasteiger partial charge in [-0.05, 0) is 59.9 Å². The van der Waals surface area contributed by atoms with Gasteiger partial charge in [-0.1, -0.05) is 24.9 Å². The van der Waals surface area contributed by atoms with Crippen LogP contribution in [0, 0.1) is 0 Å². The van der Waals surface area contributed by atoms with Gasteiger partial charge in [0.05, 0.1) is 5.56 Å². The van der Waals surface area contributed by atoms with Crippen LogP contribution in [0.5, 0.6) is 0 Å². The molecule has 1 fully saturated rings. The molecular formula is C16H22BrClN2O. The van der Waals surface area contributed by atoms with E-state index in [1.807, 2.05) is 11.0 Å². The van der Waals surface area contributed by atoms with Gasteiger partial charge in [-0.3, -0.25) is 4.79 Å². The molecule has 0 spiro atoms. The smallest absolute Gasteiger partial charge is 0.255 e. The van der Waals surface area contributed by atoms with Crippen molar-refractivity contribution < 1.29 is 4.79 Å². The molecule has 0 radical (unpaired) electrons. The van der Waals surface area contributed by atoms with Crippen LogP contribution in [0.2, 0.25) is 5.02 Å². The van der Waals surface area contributed by atoms with Crippen molar-refractivity contribution in [1.29, 1.82) is 0 Å². The van der Waals surface area contributed by atoms with Crippen LogP contribution in [0.15, 0.2) is 22.7 Å². The quantitative estimate of drug-likeness (QED) is 0.843. The fraction of sp³-hybridized carbons (Fsp3) is 0.562. The van der Waals surface area contributed by atoms with Gasteiger partial charge in [0.1, 0.15) is 0 Å². The molecule has 2 rings (SSSR count). The van der Waals surface area contributed by atoms with Crippen LogP contribution in [0.4, 0.5) is 0 Å². The zero-order chi connectivity index (χ0) is 15.2. The first kappa shape index (κ1) is 16.8. The number of hydrogen-bond donors (Lipinski definition) is 1. The van der Waals surface area contributed by atoms with Crippen LogP contribution in [-0.4, -0.2) is 36.5 Å². The lowest BCUT2D eigenvalue weighted by atomic mass is 10.0. The van der Waals surface area contributed by atoms with E-state index < -0.39 is 0 Å². The zero-order valence-corrected chi connectivity index (χ0v) is 14.7. The van der Waals surface area contributed by atoms with Gasteiger partial charge >= 0.3 is 0 Å². The summed E-state index contributed by atoms with van der Waals surface area (Å²) >= 11 is 9.48. The Morgan fingerprint density at radius 3 is 2.95 bits per heavy atom. The molecule has 1 aromatic rings. The lowest BCUT2D eigenvalue weighted by Gasteiger charge is -2.30. The van der Waals surface area contributed by atoms with Gasteiger partial charge in [-0.15, -0.1) is 0 Å². The van der Waals surface area contributed by atoms with Gasteiger partial charge in [-0.25, -0.2) is 0 Å². The van der Waals surface area contributed by atoms with E-state index in [1.165, 1.54) is 12.8 Å². The molecule has 1 aromatic carbocycles. The summed E-state index contributed by atoms with van der Waals surface area (Å²) in [4.78, 5) is 14.7. The average molecular weight is 374 g/mol. The first-order valence-electron chi connectivity index (χ1n) is 7.59. The Morgan fingerprint density at radius 1 is 1.48 bits per heavy atom. The van der Waals surface area contributed by atoms with E-state index in [2.05, 4.69) is 28.2 Å². The van der Waals surface area contributed by atoms with Crippen molar-refractivity contribution in [2.45, 2.75) is 38.6 Å². The van der Waals surface area contributed by atoms with Crippen molar-refractivity contribution in [3.05, 3.63) is 33.3 Å². The van der Waals surface area contributed by atoms with Crippen LogP contribution < -0.4 is 5.32 Å². The van der Waals surface area contributed by atoms with Gasteiger partial charge in [0, 0.05) is 28.6 Å². The number of benzene rings is 1. The Kier molecular flexibility index (Phi) is 6.52. The minimum atomic E-state index is 0.0543. The Labute approximate surface area is 140 Å². The second-order valence-electron chi connectivity index (χ2n) is 5.52. The fourth-order valence-electron chi connectivity index (χ4n) is 2.72. The number of hydrogen-bond acceptors (Lipinski definition) is 2. The van der Waals surface area contributed by atoms with Crippen LogP contribution >= 0.6 is 27.5 Å². The standard InChI is InChI=1S/C16H22BrClN2O/c1-2-9-20(11-13-5-3-4-8-19-13)16(21)14-10-12(18)6-7-15(14)17/h6-7,10,13,19H,2-5,8-9,11H2,1H3. The molecule has 1 atom stereocenters. The number of carbonyl (C=O) groups is 1. The molecule has 1 amide bonds.